The van der Waals surface area contributed by atoms with Gasteiger partial charge in [0.15, 0.2) is 5.75 Å². The summed E-state index contributed by atoms with van der Waals surface area (Å²) in [6.45, 7) is 9.94. The van der Waals surface area contributed by atoms with Crippen molar-refractivity contribution in [2.75, 3.05) is 6.61 Å². The topological polar surface area (TPSA) is 128 Å². The van der Waals surface area contributed by atoms with E-state index in [0.29, 0.717) is 0 Å². The summed E-state index contributed by atoms with van der Waals surface area (Å²) in [4.78, 5) is 34.7. The summed E-state index contributed by atoms with van der Waals surface area (Å²) in [6.07, 6.45) is -0.792. The Labute approximate surface area is 164 Å². The average Bonchev–Trinajstić information content (AvgIpc) is 2.49. The van der Waals surface area contributed by atoms with E-state index in [4.69, 9.17) is 9.47 Å². The van der Waals surface area contributed by atoms with Crippen LogP contribution < -0.4 is 10.1 Å². The molecule has 1 aromatic rings. The van der Waals surface area contributed by atoms with Crippen LogP contribution in [0.3, 0.4) is 0 Å². The molecule has 0 aliphatic rings. The summed E-state index contributed by atoms with van der Waals surface area (Å²) in [7, 11) is 0. The van der Waals surface area contributed by atoms with E-state index in [1.54, 1.807) is 47.6 Å². The number of carbonyl (C=O) groups excluding carboxylic acids is 1. The van der Waals surface area contributed by atoms with Crippen molar-refractivity contribution < 1.29 is 29.1 Å². The van der Waals surface area contributed by atoms with E-state index in [1.807, 2.05) is 0 Å². The van der Waals surface area contributed by atoms with Gasteiger partial charge < -0.3 is 19.9 Å². The number of rotatable bonds is 7. The second-order valence-corrected chi connectivity index (χ2v) is 8.47. The second kappa shape index (κ2) is 8.90. The molecule has 0 fully saturated rings. The Balaban J connectivity index is 3.12. The molecular weight excluding hydrogens is 368 g/mol. The number of hydrogen-bond donors (Lipinski definition) is 2. The van der Waals surface area contributed by atoms with Crippen molar-refractivity contribution in [2.24, 2.45) is 11.3 Å². The molecule has 1 unspecified atom stereocenters. The predicted molar refractivity (Wildman–Crippen MR) is 102 cm³/mol. The molecule has 0 heterocycles. The van der Waals surface area contributed by atoms with Crippen LogP contribution in [0.25, 0.3) is 0 Å². The van der Waals surface area contributed by atoms with Crippen LogP contribution in [0.15, 0.2) is 24.3 Å². The van der Waals surface area contributed by atoms with Gasteiger partial charge >= 0.3 is 17.7 Å². The van der Waals surface area contributed by atoms with E-state index < -0.39 is 40.0 Å². The molecule has 156 valence electrons. The molecular formula is C19H28N2O7. The number of carboxylic acid groups (broad SMARTS) is 1. The maximum absolute atomic E-state index is 12.2. The zero-order valence-electron chi connectivity index (χ0n) is 17.0. The van der Waals surface area contributed by atoms with Crippen molar-refractivity contribution in [3.63, 3.8) is 0 Å². The SMILES string of the molecule is CC(C)(C)OC(=O)N[C@H](COc1ccccc1[N+](=O)[O-])C(C(=O)O)C(C)(C)C. The Morgan fingerprint density at radius 1 is 1.18 bits per heavy atom. The van der Waals surface area contributed by atoms with Gasteiger partial charge in [0, 0.05) is 6.07 Å². The van der Waals surface area contributed by atoms with Crippen LogP contribution in [0, 0.1) is 21.4 Å². The predicted octanol–water partition coefficient (Wildman–Crippen LogP) is 3.61. The molecule has 0 saturated carbocycles. The van der Waals surface area contributed by atoms with E-state index in [1.165, 1.54) is 18.2 Å². The molecule has 2 N–H and O–H groups in total. The molecule has 0 aliphatic heterocycles. The molecule has 0 aliphatic carbocycles. The Hall–Kier alpha value is -2.84. The first kappa shape index (κ1) is 23.2. The highest BCUT2D eigenvalue weighted by atomic mass is 16.6. The van der Waals surface area contributed by atoms with Crippen LogP contribution in [0.4, 0.5) is 10.5 Å². The van der Waals surface area contributed by atoms with E-state index >= 15 is 0 Å². The highest BCUT2D eigenvalue weighted by Gasteiger charge is 2.40. The first-order valence-electron chi connectivity index (χ1n) is 8.81. The second-order valence-electron chi connectivity index (χ2n) is 8.47. The largest absolute Gasteiger partial charge is 0.485 e. The average molecular weight is 396 g/mol. The van der Waals surface area contributed by atoms with Gasteiger partial charge in [0.05, 0.1) is 16.9 Å². The number of aliphatic carboxylic acids is 1. The van der Waals surface area contributed by atoms with Crippen LogP contribution in [-0.2, 0) is 9.53 Å². The molecule has 0 saturated heterocycles. The number of ether oxygens (including phenoxy) is 2. The Morgan fingerprint density at radius 3 is 2.21 bits per heavy atom. The van der Waals surface area contributed by atoms with Crippen LogP contribution >= 0.6 is 0 Å². The van der Waals surface area contributed by atoms with Gasteiger partial charge in [-0.25, -0.2) is 4.79 Å². The first-order valence-corrected chi connectivity index (χ1v) is 8.81. The number of nitrogens with zero attached hydrogens (tertiary/aromatic N) is 1. The fourth-order valence-electron chi connectivity index (χ4n) is 2.74. The summed E-state index contributed by atoms with van der Waals surface area (Å²) in [6, 6.07) is 4.78. The molecule has 9 heteroatoms. The third-order valence-corrected chi connectivity index (χ3v) is 3.78. The summed E-state index contributed by atoms with van der Waals surface area (Å²) in [5, 5.41) is 23.4. The van der Waals surface area contributed by atoms with Gasteiger partial charge in [0.25, 0.3) is 0 Å². The number of nitro groups is 1. The van der Waals surface area contributed by atoms with Crippen LogP contribution in [0.2, 0.25) is 0 Å². The zero-order valence-corrected chi connectivity index (χ0v) is 17.0. The summed E-state index contributed by atoms with van der Waals surface area (Å²) in [5.74, 6) is -2.16. The minimum absolute atomic E-state index is 0.0125. The lowest BCUT2D eigenvalue weighted by atomic mass is 9.76. The van der Waals surface area contributed by atoms with E-state index in [-0.39, 0.29) is 18.0 Å². The molecule has 0 aromatic heterocycles. The maximum atomic E-state index is 12.2. The molecule has 9 nitrogen and oxygen atoms in total. The van der Waals surface area contributed by atoms with Crippen molar-refractivity contribution in [1.29, 1.82) is 0 Å². The molecule has 1 aromatic carbocycles. The van der Waals surface area contributed by atoms with Gasteiger partial charge in [-0.1, -0.05) is 32.9 Å². The van der Waals surface area contributed by atoms with Crippen molar-refractivity contribution in [1.82, 2.24) is 5.32 Å². The van der Waals surface area contributed by atoms with Crippen LogP contribution in [0.1, 0.15) is 41.5 Å². The minimum Gasteiger partial charge on any atom is -0.485 e. The standard InChI is InChI=1S/C19H28N2O7/c1-18(2,3)15(16(22)23)12(20-17(24)28-19(4,5)6)11-27-14-10-8-7-9-13(14)21(25)26/h7-10,12,15H,11H2,1-6H3,(H,20,24)(H,22,23)/t12-,15?/m1/s1. The van der Waals surface area contributed by atoms with E-state index in [2.05, 4.69) is 5.32 Å². The van der Waals surface area contributed by atoms with E-state index in [0.717, 1.165) is 0 Å². The smallest absolute Gasteiger partial charge is 0.408 e. The Bertz CT molecular complexity index is 720. The number of nitrogens with one attached hydrogen (secondary N) is 1. The third-order valence-electron chi connectivity index (χ3n) is 3.78. The lowest BCUT2D eigenvalue weighted by Crippen LogP contribution is -2.52. The van der Waals surface area contributed by atoms with Crippen LogP contribution in [-0.4, -0.2) is 40.3 Å². The molecule has 1 rings (SSSR count). The lowest BCUT2D eigenvalue weighted by Gasteiger charge is -2.34. The van der Waals surface area contributed by atoms with Crippen molar-refractivity contribution >= 4 is 17.7 Å². The number of hydrogen-bond acceptors (Lipinski definition) is 6. The van der Waals surface area contributed by atoms with Crippen LogP contribution in [0.5, 0.6) is 5.75 Å². The normalized spacial score (nSPS) is 13.9. The van der Waals surface area contributed by atoms with Gasteiger partial charge in [-0.15, -0.1) is 0 Å². The summed E-state index contributed by atoms with van der Waals surface area (Å²) in [5.41, 5.74) is -1.74. The summed E-state index contributed by atoms with van der Waals surface area (Å²) >= 11 is 0. The molecule has 1 amide bonds. The van der Waals surface area contributed by atoms with Gasteiger partial charge in [0.2, 0.25) is 0 Å². The molecule has 2 atom stereocenters. The number of benzene rings is 1. The fraction of sp³-hybridized carbons (Fsp3) is 0.579. The Kier molecular flexibility index (Phi) is 7.37. The van der Waals surface area contributed by atoms with Gasteiger partial charge in [0.1, 0.15) is 12.2 Å². The molecule has 0 spiro atoms. The third kappa shape index (κ3) is 7.05. The zero-order chi connectivity index (χ0) is 21.7. The highest BCUT2D eigenvalue weighted by Crippen LogP contribution is 2.31. The maximum Gasteiger partial charge on any atom is 0.408 e. The minimum atomic E-state index is -1.13. The first-order chi connectivity index (χ1) is 12.7. The lowest BCUT2D eigenvalue weighted by molar-refractivity contribution is -0.385. The monoisotopic (exact) mass is 396 g/mol. The number of nitro benzene ring substituents is 1. The van der Waals surface area contributed by atoms with E-state index in [9.17, 15) is 24.8 Å². The number of para-hydroxylation sites is 2. The molecule has 0 radical (unpaired) electrons. The van der Waals surface area contributed by atoms with Gasteiger partial charge in [-0.3, -0.25) is 14.9 Å². The van der Waals surface area contributed by atoms with Crippen molar-refractivity contribution in [3.8, 4) is 5.75 Å². The number of alkyl carbamates (subject to hydrolysis) is 1. The fourth-order valence-corrected chi connectivity index (χ4v) is 2.74. The molecule has 28 heavy (non-hydrogen) atoms. The highest BCUT2D eigenvalue weighted by molar-refractivity contribution is 5.74. The number of amides is 1. The summed E-state index contributed by atoms with van der Waals surface area (Å²) < 4.78 is 10.8. The number of carbonyl (C=O) groups is 2. The Morgan fingerprint density at radius 2 is 1.75 bits per heavy atom. The number of carboxylic acids is 1. The molecule has 0 bridgehead atoms. The van der Waals surface area contributed by atoms with Gasteiger partial charge in [-0.2, -0.15) is 0 Å². The van der Waals surface area contributed by atoms with Crippen molar-refractivity contribution in [2.45, 2.75) is 53.2 Å². The van der Waals surface area contributed by atoms with Gasteiger partial charge in [-0.05, 0) is 32.3 Å². The quantitative estimate of drug-likeness (QED) is 0.532. The van der Waals surface area contributed by atoms with Crippen molar-refractivity contribution in [3.05, 3.63) is 34.4 Å².